The van der Waals surface area contributed by atoms with Gasteiger partial charge in [-0.1, -0.05) is 6.07 Å². The van der Waals surface area contributed by atoms with E-state index in [0.29, 0.717) is 28.1 Å². The fraction of sp³-hybridized carbons (Fsp3) is 0.118. The lowest BCUT2D eigenvalue weighted by atomic mass is 10.2. The zero-order valence-corrected chi connectivity index (χ0v) is 14.2. The highest BCUT2D eigenvalue weighted by molar-refractivity contribution is 6.05. The predicted molar refractivity (Wildman–Crippen MR) is 99.1 cm³/mol. The molecule has 0 unspecified atom stereocenters. The number of imidazole rings is 1. The van der Waals surface area contributed by atoms with Crippen LogP contribution in [-0.2, 0) is 4.79 Å². The molecule has 0 aliphatic carbocycles. The summed E-state index contributed by atoms with van der Waals surface area (Å²) in [5.41, 5.74) is 7.54. The molecule has 2 aromatic heterocycles. The van der Waals surface area contributed by atoms with E-state index in [1.807, 2.05) is 0 Å². The van der Waals surface area contributed by atoms with Gasteiger partial charge in [-0.05, 0) is 24.3 Å². The highest BCUT2D eigenvalue weighted by Crippen LogP contribution is 2.17. The molecule has 1 aromatic carbocycles. The van der Waals surface area contributed by atoms with Crippen LogP contribution in [0.4, 0.5) is 16.2 Å². The van der Waals surface area contributed by atoms with Crippen molar-refractivity contribution in [1.29, 1.82) is 0 Å². The number of nitrogens with two attached hydrogens (primary N) is 1. The van der Waals surface area contributed by atoms with Crippen molar-refractivity contribution in [3.05, 3.63) is 48.4 Å². The Bertz CT molecular complexity index is 999. The number of carbonyl (C=O) groups excluding carboxylic acids is 3. The molecule has 10 nitrogen and oxygen atoms in total. The van der Waals surface area contributed by atoms with Gasteiger partial charge in [0.15, 0.2) is 5.65 Å². The zero-order chi connectivity index (χ0) is 19.2. The molecule has 6 N–H and O–H groups in total. The lowest BCUT2D eigenvalue weighted by Gasteiger charge is -2.09. The van der Waals surface area contributed by atoms with Crippen LogP contribution in [0.25, 0.3) is 11.2 Å². The minimum absolute atomic E-state index is 0.0538. The zero-order valence-electron chi connectivity index (χ0n) is 14.2. The third-order valence-corrected chi connectivity index (χ3v) is 3.57. The molecule has 0 saturated carbocycles. The summed E-state index contributed by atoms with van der Waals surface area (Å²) >= 11 is 0. The predicted octanol–water partition coefficient (Wildman–Crippen LogP) is 1.21. The third-order valence-electron chi connectivity index (χ3n) is 3.57. The van der Waals surface area contributed by atoms with Crippen LogP contribution in [0.5, 0.6) is 0 Å². The molecule has 138 valence electrons. The van der Waals surface area contributed by atoms with Crippen LogP contribution in [0, 0.1) is 0 Å². The number of rotatable bonds is 6. The summed E-state index contributed by atoms with van der Waals surface area (Å²) in [4.78, 5) is 45.8. The number of benzene rings is 1. The number of aromatic nitrogens is 3. The molecule has 0 spiro atoms. The van der Waals surface area contributed by atoms with Crippen molar-refractivity contribution in [2.45, 2.75) is 6.42 Å². The molecule has 4 amide bonds. The van der Waals surface area contributed by atoms with Crippen molar-refractivity contribution < 1.29 is 14.4 Å². The maximum Gasteiger partial charge on any atom is 0.319 e. The van der Waals surface area contributed by atoms with E-state index < -0.39 is 11.9 Å². The van der Waals surface area contributed by atoms with Gasteiger partial charge >= 0.3 is 6.03 Å². The quantitative estimate of drug-likeness (QED) is 0.443. The van der Waals surface area contributed by atoms with Crippen molar-refractivity contribution >= 4 is 40.4 Å². The minimum atomic E-state index is -0.497. The molecular weight excluding hydrogens is 350 g/mol. The number of pyridine rings is 1. The minimum Gasteiger partial charge on any atom is -0.370 e. The molecule has 0 radical (unpaired) electrons. The van der Waals surface area contributed by atoms with Gasteiger partial charge in [-0.15, -0.1) is 0 Å². The molecule has 0 aliphatic rings. The molecule has 0 atom stereocenters. The van der Waals surface area contributed by atoms with Gasteiger partial charge in [-0.3, -0.25) is 9.59 Å². The number of anilines is 2. The molecule has 10 heteroatoms. The number of H-pyrrole nitrogens is 1. The first kappa shape index (κ1) is 17.9. The first-order chi connectivity index (χ1) is 13.0. The maximum atomic E-state index is 12.4. The molecule has 3 aromatic rings. The van der Waals surface area contributed by atoms with Crippen molar-refractivity contribution in [2.75, 3.05) is 17.2 Å². The Morgan fingerprint density at radius 1 is 1.07 bits per heavy atom. The number of aromatic amines is 1. The SMILES string of the molecule is NC(=O)CCNC(=O)Nc1cccc(NC(=O)c2cnc3nc[nH]c3c2)c1. The summed E-state index contributed by atoms with van der Waals surface area (Å²) in [7, 11) is 0. The monoisotopic (exact) mass is 367 g/mol. The molecule has 2 heterocycles. The summed E-state index contributed by atoms with van der Waals surface area (Å²) in [6.07, 6.45) is 2.99. The van der Waals surface area contributed by atoms with E-state index in [2.05, 4.69) is 30.9 Å². The van der Waals surface area contributed by atoms with E-state index in [9.17, 15) is 14.4 Å². The van der Waals surface area contributed by atoms with Gasteiger partial charge in [0.2, 0.25) is 5.91 Å². The Balaban J connectivity index is 1.62. The molecule has 3 rings (SSSR count). The normalized spacial score (nSPS) is 10.4. The van der Waals surface area contributed by atoms with Crippen LogP contribution in [0.3, 0.4) is 0 Å². The van der Waals surface area contributed by atoms with Gasteiger partial charge < -0.3 is 26.7 Å². The summed E-state index contributed by atoms with van der Waals surface area (Å²) < 4.78 is 0. The molecule has 27 heavy (non-hydrogen) atoms. The average Bonchev–Trinajstić information content (AvgIpc) is 3.09. The number of nitrogens with one attached hydrogen (secondary N) is 4. The number of nitrogens with zero attached hydrogens (tertiary/aromatic N) is 2. The summed E-state index contributed by atoms with van der Waals surface area (Å²) in [6, 6.07) is 7.82. The molecular formula is C17H17N7O3. The Hall–Kier alpha value is -3.95. The van der Waals surface area contributed by atoms with Crippen LogP contribution in [-0.4, -0.2) is 39.3 Å². The van der Waals surface area contributed by atoms with Crippen molar-refractivity contribution in [2.24, 2.45) is 5.73 Å². The second kappa shape index (κ2) is 7.95. The number of hydrogen-bond donors (Lipinski definition) is 5. The second-order valence-electron chi connectivity index (χ2n) is 5.63. The molecule has 0 saturated heterocycles. The van der Waals surface area contributed by atoms with E-state index in [1.54, 1.807) is 30.3 Å². The second-order valence-corrected chi connectivity index (χ2v) is 5.63. The topological polar surface area (TPSA) is 155 Å². The van der Waals surface area contributed by atoms with Gasteiger partial charge in [-0.2, -0.15) is 0 Å². The van der Waals surface area contributed by atoms with E-state index in [0.717, 1.165) is 0 Å². The van der Waals surface area contributed by atoms with E-state index in [4.69, 9.17) is 5.73 Å². The lowest BCUT2D eigenvalue weighted by molar-refractivity contribution is -0.117. The van der Waals surface area contributed by atoms with Crippen LogP contribution in [0.15, 0.2) is 42.9 Å². The van der Waals surface area contributed by atoms with Crippen LogP contribution < -0.4 is 21.7 Å². The summed E-state index contributed by atoms with van der Waals surface area (Å²) in [6.45, 7) is 0.140. The van der Waals surface area contributed by atoms with Crippen LogP contribution in [0.2, 0.25) is 0 Å². The van der Waals surface area contributed by atoms with E-state index in [1.165, 1.54) is 12.5 Å². The van der Waals surface area contributed by atoms with Crippen molar-refractivity contribution in [3.63, 3.8) is 0 Å². The Labute approximate surface area is 153 Å². The van der Waals surface area contributed by atoms with Gasteiger partial charge in [0.25, 0.3) is 5.91 Å². The highest BCUT2D eigenvalue weighted by atomic mass is 16.2. The number of primary amides is 1. The standard InChI is InChI=1S/C17H17N7O3/c18-14(25)4-5-19-17(27)24-12-3-1-2-11(7-12)23-16(26)10-6-13-15(20-8-10)22-9-21-13/h1-3,6-9H,4-5H2,(H2,18,25)(H,23,26)(H2,19,24,27)(H,20,21,22). The smallest absolute Gasteiger partial charge is 0.319 e. The first-order valence-corrected chi connectivity index (χ1v) is 8.05. The van der Waals surface area contributed by atoms with Gasteiger partial charge in [-0.25, -0.2) is 14.8 Å². The molecule has 0 fully saturated rings. The van der Waals surface area contributed by atoms with E-state index >= 15 is 0 Å². The van der Waals surface area contributed by atoms with Gasteiger partial charge in [0, 0.05) is 30.5 Å². The highest BCUT2D eigenvalue weighted by Gasteiger charge is 2.10. The number of amides is 4. The fourth-order valence-electron chi connectivity index (χ4n) is 2.31. The fourth-order valence-corrected chi connectivity index (χ4v) is 2.31. The summed E-state index contributed by atoms with van der Waals surface area (Å²) in [5.74, 6) is -0.843. The average molecular weight is 367 g/mol. The largest absolute Gasteiger partial charge is 0.370 e. The number of fused-ring (bicyclic) bond motifs is 1. The van der Waals surface area contributed by atoms with Crippen molar-refractivity contribution in [1.82, 2.24) is 20.3 Å². The third kappa shape index (κ3) is 4.78. The van der Waals surface area contributed by atoms with Gasteiger partial charge in [0.1, 0.15) is 0 Å². The Morgan fingerprint density at radius 3 is 2.63 bits per heavy atom. The molecule has 0 bridgehead atoms. The Morgan fingerprint density at radius 2 is 1.85 bits per heavy atom. The van der Waals surface area contributed by atoms with Crippen LogP contribution in [0.1, 0.15) is 16.8 Å². The number of hydrogen-bond acceptors (Lipinski definition) is 5. The van der Waals surface area contributed by atoms with E-state index in [-0.39, 0.29) is 18.9 Å². The van der Waals surface area contributed by atoms with Crippen LogP contribution >= 0.6 is 0 Å². The summed E-state index contributed by atoms with van der Waals surface area (Å²) in [5, 5.41) is 7.86. The lowest BCUT2D eigenvalue weighted by Crippen LogP contribution is -2.31. The Kier molecular flexibility index (Phi) is 5.26. The maximum absolute atomic E-state index is 12.4. The molecule has 0 aliphatic heterocycles. The number of carbonyl (C=O) groups is 3. The first-order valence-electron chi connectivity index (χ1n) is 8.05. The van der Waals surface area contributed by atoms with Gasteiger partial charge in [0.05, 0.1) is 17.4 Å². The van der Waals surface area contributed by atoms with Crippen molar-refractivity contribution in [3.8, 4) is 0 Å². The number of urea groups is 1.